The number of oxazole rings is 1. The lowest BCUT2D eigenvalue weighted by atomic mass is 10.2. The van der Waals surface area contributed by atoms with Crippen LogP contribution >= 0.6 is 11.6 Å². The van der Waals surface area contributed by atoms with E-state index in [2.05, 4.69) is 4.98 Å². The molecule has 2 rings (SSSR count). The molecular weight excluding hydrogens is 254 g/mol. The zero-order valence-corrected chi connectivity index (χ0v) is 10.6. The van der Waals surface area contributed by atoms with Gasteiger partial charge in [-0.15, -0.1) is 0 Å². The summed E-state index contributed by atoms with van der Waals surface area (Å²) in [5, 5.41) is 0.127. The first-order valence-electron chi connectivity index (χ1n) is 5.57. The number of benzene rings is 1. The quantitative estimate of drug-likeness (QED) is 0.797. The van der Waals surface area contributed by atoms with E-state index in [-0.39, 0.29) is 17.6 Å². The second-order valence-electron chi connectivity index (χ2n) is 3.59. The molecule has 0 bridgehead atoms. The lowest BCUT2D eigenvalue weighted by Crippen LogP contribution is -2.07. The molecule has 0 unspecified atom stereocenters. The Kier molecular flexibility index (Phi) is 3.99. The van der Waals surface area contributed by atoms with Gasteiger partial charge in [0.15, 0.2) is 0 Å². The molecule has 1 heterocycles. The fourth-order valence-electron chi connectivity index (χ4n) is 1.50. The highest BCUT2D eigenvalue weighted by atomic mass is 35.5. The zero-order chi connectivity index (χ0) is 13.0. The van der Waals surface area contributed by atoms with Gasteiger partial charge in [-0.1, -0.05) is 18.2 Å². The van der Waals surface area contributed by atoms with Gasteiger partial charge in [-0.3, -0.25) is 4.79 Å². The Bertz CT molecular complexity index is 536. The molecule has 1 aromatic heterocycles. The normalized spacial score (nSPS) is 10.3. The smallest absolute Gasteiger partial charge is 0.312 e. The first kappa shape index (κ1) is 12.6. The summed E-state index contributed by atoms with van der Waals surface area (Å²) in [5.74, 6) is 0.0345. The highest BCUT2D eigenvalue weighted by molar-refractivity contribution is 6.29. The number of halogens is 1. The van der Waals surface area contributed by atoms with Gasteiger partial charge in [-0.05, 0) is 30.7 Å². The molecule has 0 spiro atoms. The molecule has 1 aromatic carbocycles. The van der Waals surface area contributed by atoms with Crippen LogP contribution in [0.25, 0.3) is 11.5 Å². The summed E-state index contributed by atoms with van der Waals surface area (Å²) >= 11 is 5.90. The van der Waals surface area contributed by atoms with E-state index in [0.29, 0.717) is 18.2 Å². The number of carbonyl (C=O) groups is 1. The van der Waals surface area contributed by atoms with Crippen molar-refractivity contribution in [1.29, 1.82) is 0 Å². The Morgan fingerprint density at radius 3 is 2.78 bits per heavy atom. The van der Waals surface area contributed by atoms with Crippen molar-refractivity contribution < 1.29 is 13.9 Å². The van der Waals surface area contributed by atoms with Crippen molar-refractivity contribution in [3.05, 3.63) is 41.2 Å². The van der Waals surface area contributed by atoms with Gasteiger partial charge in [0.2, 0.25) is 11.1 Å². The van der Waals surface area contributed by atoms with Crippen LogP contribution in [0.1, 0.15) is 12.6 Å². The van der Waals surface area contributed by atoms with Crippen molar-refractivity contribution in [1.82, 2.24) is 4.98 Å². The van der Waals surface area contributed by atoms with Crippen LogP contribution in [0.2, 0.25) is 5.22 Å². The van der Waals surface area contributed by atoms with Gasteiger partial charge >= 0.3 is 5.97 Å². The lowest BCUT2D eigenvalue weighted by Gasteiger charge is -1.97. The Morgan fingerprint density at radius 1 is 1.39 bits per heavy atom. The summed E-state index contributed by atoms with van der Waals surface area (Å²) in [5.41, 5.74) is 1.21. The molecular formula is C13H12ClNO3. The Hall–Kier alpha value is -1.81. The van der Waals surface area contributed by atoms with E-state index in [9.17, 15) is 4.79 Å². The minimum atomic E-state index is -0.368. The molecule has 2 aromatic rings. The van der Waals surface area contributed by atoms with Crippen LogP contribution in [0.5, 0.6) is 0 Å². The molecule has 4 nitrogen and oxygen atoms in total. The second kappa shape index (κ2) is 5.69. The van der Waals surface area contributed by atoms with Crippen molar-refractivity contribution >= 4 is 17.6 Å². The van der Waals surface area contributed by atoms with Crippen molar-refractivity contribution in [3.8, 4) is 11.5 Å². The molecule has 0 aliphatic rings. The van der Waals surface area contributed by atoms with Gasteiger partial charge in [-0.2, -0.15) is 0 Å². The number of ether oxygens (including phenoxy) is 1. The van der Waals surface area contributed by atoms with Crippen LogP contribution in [0.15, 0.2) is 34.7 Å². The molecule has 0 saturated heterocycles. The molecule has 0 atom stereocenters. The lowest BCUT2D eigenvalue weighted by molar-refractivity contribution is -0.142. The van der Waals surface area contributed by atoms with Crippen LogP contribution < -0.4 is 0 Å². The van der Waals surface area contributed by atoms with Crippen LogP contribution in [-0.4, -0.2) is 17.6 Å². The predicted molar refractivity (Wildman–Crippen MR) is 67.3 cm³/mol. The van der Waals surface area contributed by atoms with Gasteiger partial charge in [0, 0.05) is 5.56 Å². The maximum atomic E-state index is 11.3. The zero-order valence-electron chi connectivity index (χ0n) is 9.85. The van der Waals surface area contributed by atoms with Crippen molar-refractivity contribution in [2.24, 2.45) is 0 Å². The number of aromatic nitrogens is 1. The second-order valence-corrected chi connectivity index (χ2v) is 3.93. The maximum absolute atomic E-state index is 11.3. The van der Waals surface area contributed by atoms with Crippen LogP contribution in [0.4, 0.5) is 0 Å². The summed E-state index contributed by atoms with van der Waals surface area (Å²) < 4.78 is 10.2. The first-order valence-corrected chi connectivity index (χ1v) is 5.94. The molecule has 0 amide bonds. The van der Waals surface area contributed by atoms with E-state index in [4.69, 9.17) is 20.8 Å². The van der Waals surface area contributed by atoms with E-state index >= 15 is 0 Å². The van der Waals surface area contributed by atoms with Gasteiger partial charge in [0.25, 0.3) is 0 Å². The van der Waals surface area contributed by atoms with Crippen LogP contribution in [-0.2, 0) is 16.0 Å². The third kappa shape index (κ3) is 2.90. The maximum Gasteiger partial charge on any atom is 0.312 e. The SMILES string of the molecule is CCOC(=O)Cc1nc(-c2ccccc2)oc1Cl. The summed E-state index contributed by atoms with van der Waals surface area (Å²) in [6.45, 7) is 2.08. The predicted octanol–water partition coefficient (Wildman–Crippen LogP) is 3.10. The fourth-order valence-corrected chi connectivity index (χ4v) is 1.68. The number of rotatable bonds is 4. The monoisotopic (exact) mass is 265 g/mol. The van der Waals surface area contributed by atoms with Crippen molar-refractivity contribution in [3.63, 3.8) is 0 Å². The summed E-state index contributed by atoms with van der Waals surface area (Å²) in [4.78, 5) is 15.6. The Labute approximate surface area is 110 Å². The first-order chi connectivity index (χ1) is 8.70. The third-order valence-corrected chi connectivity index (χ3v) is 2.58. The number of esters is 1. The van der Waals surface area contributed by atoms with Crippen molar-refractivity contribution in [2.75, 3.05) is 6.61 Å². The number of carbonyl (C=O) groups excluding carboxylic acids is 1. The summed E-state index contributed by atoms with van der Waals surface area (Å²) in [6, 6.07) is 9.36. The number of nitrogens with zero attached hydrogens (tertiary/aromatic N) is 1. The van der Waals surface area contributed by atoms with E-state index in [1.807, 2.05) is 30.3 Å². The molecule has 0 saturated carbocycles. The standard InChI is InChI=1S/C13H12ClNO3/c1-2-17-11(16)8-10-12(14)18-13(15-10)9-6-4-3-5-7-9/h3-7H,2,8H2,1H3. The topological polar surface area (TPSA) is 52.3 Å². The number of hydrogen-bond donors (Lipinski definition) is 0. The summed E-state index contributed by atoms with van der Waals surface area (Å²) in [7, 11) is 0. The number of hydrogen-bond acceptors (Lipinski definition) is 4. The molecule has 94 valence electrons. The highest BCUT2D eigenvalue weighted by Gasteiger charge is 2.16. The average molecular weight is 266 g/mol. The Morgan fingerprint density at radius 2 is 2.11 bits per heavy atom. The largest absolute Gasteiger partial charge is 0.466 e. The van der Waals surface area contributed by atoms with E-state index in [0.717, 1.165) is 5.56 Å². The van der Waals surface area contributed by atoms with E-state index in [1.54, 1.807) is 6.92 Å². The van der Waals surface area contributed by atoms with Gasteiger partial charge in [0.1, 0.15) is 5.69 Å². The minimum Gasteiger partial charge on any atom is -0.466 e. The van der Waals surface area contributed by atoms with Gasteiger partial charge in [0.05, 0.1) is 13.0 Å². The molecule has 0 fully saturated rings. The Balaban J connectivity index is 2.20. The molecule has 0 radical (unpaired) electrons. The van der Waals surface area contributed by atoms with Crippen molar-refractivity contribution in [2.45, 2.75) is 13.3 Å². The van der Waals surface area contributed by atoms with E-state index in [1.165, 1.54) is 0 Å². The third-order valence-electron chi connectivity index (χ3n) is 2.29. The molecule has 0 aliphatic heterocycles. The fraction of sp³-hybridized carbons (Fsp3) is 0.231. The van der Waals surface area contributed by atoms with Crippen LogP contribution in [0.3, 0.4) is 0 Å². The molecule has 18 heavy (non-hydrogen) atoms. The highest BCUT2D eigenvalue weighted by Crippen LogP contribution is 2.25. The van der Waals surface area contributed by atoms with Crippen LogP contribution in [0, 0.1) is 0 Å². The van der Waals surface area contributed by atoms with Gasteiger partial charge < -0.3 is 9.15 Å². The molecule has 0 N–H and O–H groups in total. The molecule has 0 aliphatic carbocycles. The molecule has 5 heteroatoms. The minimum absolute atomic E-state index is 0.0169. The van der Waals surface area contributed by atoms with Gasteiger partial charge in [-0.25, -0.2) is 4.98 Å². The summed E-state index contributed by atoms with van der Waals surface area (Å²) in [6.07, 6.45) is 0.0169. The van der Waals surface area contributed by atoms with E-state index < -0.39 is 0 Å². The average Bonchev–Trinajstić information content (AvgIpc) is 2.72.